The summed E-state index contributed by atoms with van der Waals surface area (Å²) in [7, 11) is 0. The van der Waals surface area contributed by atoms with E-state index in [2.05, 4.69) is 29.7 Å². The normalized spacial score (nSPS) is 22.0. The van der Waals surface area contributed by atoms with E-state index in [1.165, 1.54) is 11.1 Å². The molecule has 0 saturated carbocycles. The molecule has 0 spiro atoms. The molecule has 1 aliphatic carbocycles. The van der Waals surface area contributed by atoms with Crippen molar-refractivity contribution < 1.29 is 9.90 Å². The van der Waals surface area contributed by atoms with Crippen LogP contribution in [0.2, 0.25) is 0 Å². The van der Waals surface area contributed by atoms with Crippen molar-refractivity contribution in [3.63, 3.8) is 0 Å². The summed E-state index contributed by atoms with van der Waals surface area (Å²) < 4.78 is 0. The van der Waals surface area contributed by atoms with Crippen LogP contribution in [0.1, 0.15) is 24.1 Å². The smallest absolute Gasteiger partial charge is 0.315 e. The van der Waals surface area contributed by atoms with Gasteiger partial charge in [-0.25, -0.2) is 4.79 Å². The lowest BCUT2D eigenvalue weighted by atomic mass is 10.0. The van der Waals surface area contributed by atoms with Gasteiger partial charge in [-0.15, -0.1) is 0 Å². The molecule has 0 saturated heterocycles. The van der Waals surface area contributed by atoms with Crippen LogP contribution in [-0.2, 0) is 6.42 Å². The Labute approximate surface area is 101 Å². The molecule has 0 aromatic heterocycles. The third-order valence-corrected chi connectivity index (χ3v) is 3.19. The Bertz CT molecular complexity index is 406. The maximum atomic E-state index is 11.6. The van der Waals surface area contributed by atoms with Crippen molar-refractivity contribution >= 4 is 6.03 Å². The van der Waals surface area contributed by atoms with Crippen LogP contribution >= 0.6 is 0 Å². The number of aliphatic hydroxyl groups is 1. The van der Waals surface area contributed by atoms with E-state index in [-0.39, 0.29) is 25.2 Å². The molecular formula is C13H18N2O2. The van der Waals surface area contributed by atoms with Gasteiger partial charge >= 0.3 is 6.03 Å². The van der Waals surface area contributed by atoms with Gasteiger partial charge in [-0.1, -0.05) is 31.2 Å². The molecular weight excluding hydrogens is 216 g/mol. The topological polar surface area (TPSA) is 61.4 Å². The lowest BCUT2D eigenvalue weighted by molar-refractivity contribution is 0.227. The van der Waals surface area contributed by atoms with E-state index < -0.39 is 0 Å². The van der Waals surface area contributed by atoms with Crippen molar-refractivity contribution in [1.29, 1.82) is 0 Å². The van der Waals surface area contributed by atoms with Gasteiger partial charge in [0, 0.05) is 6.54 Å². The van der Waals surface area contributed by atoms with Crippen molar-refractivity contribution in [1.82, 2.24) is 10.6 Å². The second-order valence-electron chi connectivity index (χ2n) is 4.48. The first kappa shape index (κ1) is 11.9. The quantitative estimate of drug-likeness (QED) is 0.736. The molecule has 0 radical (unpaired) electrons. The van der Waals surface area contributed by atoms with E-state index in [0.717, 1.165) is 6.42 Å². The van der Waals surface area contributed by atoms with Gasteiger partial charge < -0.3 is 15.7 Å². The molecule has 2 atom stereocenters. The fourth-order valence-corrected chi connectivity index (χ4v) is 2.38. The van der Waals surface area contributed by atoms with Gasteiger partial charge in [0.25, 0.3) is 0 Å². The number of urea groups is 1. The van der Waals surface area contributed by atoms with Gasteiger partial charge in [0.15, 0.2) is 0 Å². The molecule has 0 bridgehead atoms. The molecule has 2 amide bonds. The maximum Gasteiger partial charge on any atom is 0.315 e. The second kappa shape index (κ2) is 5.19. The molecule has 1 aliphatic rings. The highest BCUT2D eigenvalue weighted by atomic mass is 16.3. The molecule has 2 unspecified atom stereocenters. The largest absolute Gasteiger partial charge is 0.395 e. The average molecular weight is 234 g/mol. The molecule has 0 fully saturated rings. The van der Waals surface area contributed by atoms with Crippen LogP contribution in [0.4, 0.5) is 4.79 Å². The summed E-state index contributed by atoms with van der Waals surface area (Å²) in [5.74, 6) is 0.410. The standard InChI is InChI=1S/C13H18N2O2/c1-9-8-10-4-2-3-5-11(10)12(9)15-13(17)14-6-7-16/h2-5,9,12,16H,6-8H2,1H3,(H2,14,15,17). The third-order valence-electron chi connectivity index (χ3n) is 3.19. The van der Waals surface area contributed by atoms with Crippen molar-refractivity contribution in [3.8, 4) is 0 Å². The van der Waals surface area contributed by atoms with Gasteiger partial charge in [-0.05, 0) is 23.5 Å². The number of carbonyl (C=O) groups is 1. The summed E-state index contributed by atoms with van der Waals surface area (Å²) >= 11 is 0. The fourth-order valence-electron chi connectivity index (χ4n) is 2.38. The minimum Gasteiger partial charge on any atom is -0.395 e. The Morgan fingerprint density at radius 1 is 1.47 bits per heavy atom. The minimum absolute atomic E-state index is 0.0375. The van der Waals surface area contributed by atoms with Crippen LogP contribution < -0.4 is 10.6 Å². The van der Waals surface area contributed by atoms with Crippen molar-refractivity contribution in [2.45, 2.75) is 19.4 Å². The first-order chi connectivity index (χ1) is 8.22. The van der Waals surface area contributed by atoms with Crippen LogP contribution in [0.15, 0.2) is 24.3 Å². The first-order valence-electron chi connectivity index (χ1n) is 5.95. The molecule has 1 aromatic carbocycles. The molecule has 4 nitrogen and oxygen atoms in total. The number of hydrogen-bond acceptors (Lipinski definition) is 2. The predicted molar refractivity (Wildman–Crippen MR) is 65.7 cm³/mol. The fraction of sp³-hybridized carbons (Fsp3) is 0.462. The highest BCUT2D eigenvalue weighted by Gasteiger charge is 2.29. The number of amides is 2. The zero-order chi connectivity index (χ0) is 12.3. The van der Waals surface area contributed by atoms with E-state index in [0.29, 0.717) is 5.92 Å². The van der Waals surface area contributed by atoms with Gasteiger partial charge in [0.1, 0.15) is 0 Å². The lowest BCUT2D eigenvalue weighted by Gasteiger charge is -2.19. The Kier molecular flexibility index (Phi) is 3.64. The summed E-state index contributed by atoms with van der Waals surface area (Å²) in [5.41, 5.74) is 2.52. The second-order valence-corrected chi connectivity index (χ2v) is 4.48. The van der Waals surface area contributed by atoms with E-state index >= 15 is 0 Å². The number of carbonyl (C=O) groups excluding carboxylic acids is 1. The van der Waals surface area contributed by atoms with Gasteiger partial charge in [-0.2, -0.15) is 0 Å². The van der Waals surface area contributed by atoms with Crippen LogP contribution in [0.3, 0.4) is 0 Å². The zero-order valence-electron chi connectivity index (χ0n) is 9.94. The Morgan fingerprint density at radius 3 is 3.00 bits per heavy atom. The van der Waals surface area contributed by atoms with Crippen LogP contribution in [0.25, 0.3) is 0 Å². The summed E-state index contributed by atoms with van der Waals surface area (Å²) in [6.07, 6.45) is 1.00. The summed E-state index contributed by atoms with van der Waals surface area (Å²) in [5, 5.41) is 14.2. The molecule has 0 heterocycles. The van der Waals surface area contributed by atoms with Crippen LogP contribution in [0, 0.1) is 5.92 Å². The molecule has 3 N–H and O–H groups in total. The molecule has 4 heteroatoms. The Morgan fingerprint density at radius 2 is 2.24 bits per heavy atom. The number of rotatable bonds is 3. The van der Waals surface area contributed by atoms with Gasteiger partial charge in [-0.3, -0.25) is 0 Å². The highest BCUT2D eigenvalue weighted by Crippen LogP contribution is 2.35. The minimum atomic E-state index is -0.215. The molecule has 17 heavy (non-hydrogen) atoms. The molecule has 0 aliphatic heterocycles. The number of fused-ring (bicyclic) bond motifs is 1. The maximum absolute atomic E-state index is 11.6. The van der Waals surface area contributed by atoms with Crippen LogP contribution in [0.5, 0.6) is 0 Å². The number of aliphatic hydroxyl groups excluding tert-OH is 1. The van der Waals surface area contributed by atoms with Crippen molar-refractivity contribution in [3.05, 3.63) is 35.4 Å². The highest BCUT2D eigenvalue weighted by molar-refractivity contribution is 5.74. The first-order valence-corrected chi connectivity index (χ1v) is 5.95. The third kappa shape index (κ3) is 2.58. The number of hydrogen-bond donors (Lipinski definition) is 3. The van der Waals surface area contributed by atoms with Crippen LogP contribution in [-0.4, -0.2) is 24.3 Å². The monoisotopic (exact) mass is 234 g/mol. The van der Waals surface area contributed by atoms with Gasteiger partial charge in [0.05, 0.1) is 12.6 Å². The summed E-state index contributed by atoms with van der Waals surface area (Å²) in [6, 6.07) is 8.06. The summed E-state index contributed by atoms with van der Waals surface area (Å²) in [6.45, 7) is 2.38. The SMILES string of the molecule is CC1Cc2ccccc2C1NC(=O)NCCO. The molecule has 2 rings (SSSR count). The molecule has 92 valence electrons. The predicted octanol–water partition coefficient (Wildman–Crippen LogP) is 1.21. The Hall–Kier alpha value is -1.55. The van der Waals surface area contributed by atoms with E-state index in [4.69, 9.17) is 5.11 Å². The summed E-state index contributed by atoms with van der Waals surface area (Å²) in [4.78, 5) is 11.6. The average Bonchev–Trinajstić information content (AvgIpc) is 2.64. The molecule has 1 aromatic rings. The Balaban J connectivity index is 2.04. The number of nitrogens with one attached hydrogen (secondary N) is 2. The van der Waals surface area contributed by atoms with E-state index in [9.17, 15) is 4.79 Å². The van der Waals surface area contributed by atoms with E-state index in [1.807, 2.05) is 12.1 Å². The van der Waals surface area contributed by atoms with Gasteiger partial charge in [0.2, 0.25) is 0 Å². The lowest BCUT2D eigenvalue weighted by Crippen LogP contribution is -2.40. The zero-order valence-corrected chi connectivity index (χ0v) is 9.94. The van der Waals surface area contributed by atoms with Crippen molar-refractivity contribution in [2.24, 2.45) is 5.92 Å². The number of benzene rings is 1. The van der Waals surface area contributed by atoms with E-state index in [1.54, 1.807) is 0 Å². The van der Waals surface area contributed by atoms with Crippen molar-refractivity contribution in [2.75, 3.05) is 13.2 Å².